The molecule has 0 unspecified atom stereocenters. The minimum Gasteiger partial charge on any atom is -0.429 e. The van der Waals surface area contributed by atoms with E-state index in [2.05, 4.69) is 9.47 Å². The summed E-state index contributed by atoms with van der Waals surface area (Å²) >= 11 is 0. The van der Waals surface area contributed by atoms with Crippen LogP contribution in [0.2, 0.25) is 0 Å². The molecule has 0 bridgehead atoms. The normalized spacial score (nSPS) is 11.9. The molecule has 0 radical (unpaired) electrons. The number of benzene rings is 4. The predicted molar refractivity (Wildman–Crippen MR) is 120 cm³/mol. The van der Waals surface area contributed by atoms with Crippen molar-refractivity contribution in [2.24, 2.45) is 0 Å². The topological polar surface area (TPSA) is 18.5 Å². The molecule has 0 saturated carbocycles. The van der Waals surface area contributed by atoms with E-state index in [1.54, 1.807) is 12.1 Å². The highest BCUT2D eigenvalue weighted by Gasteiger charge is 2.41. The van der Waals surface area contributed by atoms with E-state index in [4.69, 9.17) is 0 Å². The maximum Gasteiger partial charge on any atom is 0.573 e. The third kappa shape index (κ3) is 5.87. The molecule has 4 aromatic rings. The van der Waals surface area contributed by atoms with Gasteiger partial charge in [0.1, 0.15) is 28.8 Å². The molecule has 0 N–H and O–H groups in total. The number of alkyl halides is 5. The molecular formula is C27H15F9O2. The minimum atomic E-state index is -5.25. The molecule has 2 nitrogen and oxygen atoms in total. The highest BCUT2D eigenvalue weighted by Crippen LogP contribution is 2.39. The predicted octanol–water partition coefficient (Wildman–Crippen LogP) is 8.91. The number of rotatable bonds is 6. The number of hydrogen-bond acceptors (Lipinski definition) is 2. The van der Waals surface area contributed by atoms with Crippen LogP contribution in [0.3, 0.4) is 0 Å². The van der Waals surface area contributed by atoms with Crippen molar-refractivity contribution >= 4 is 0 Å². The summed E-state index contributed by atoms with van der Waals surface area (Å²) in [4.78, 5) is 0. The van der Waals surface area contributed by atoms with Gasteiger partial charge in [-0.1, -0.05) is 42.0 Å². The Hall–Kier alpha value is -4.15. The Morgan fingerprint density at radius 2 is 1.13 bits per heavy atom. The molecule has 0 saturated heterocycles. The molecule has 0 fully saturated rings. The summed E-state index contributed by atoms with van der Waals surface area (Å²) < 4.78 is 132. The van der Waals surface area contributed by atoms with Gasteiger partial charge < -0.3 is 9.47 Å². The fourth-order valence-corrected chi connectivity index (χ4v) is 3.63. The number of aryl methyl sites for hydroxylation is 1. The Labute approximate surface area is 209 Å². The van der Waals surface area contributed by atoms with Crippen molar-refractivity contribution in [1.29, 1.82) is 0 Å². The van der Waals surface area contributed by atoms with Gasteiger partial charge in [0.2, 0.25) is 0 Å². The van der Waals surface area contributed by atoms with Crippen LogP contribution < -0.4 is 9.47 Å². The van der Waals surface area contributed by atoms with Crippen molar-refractivity contribution in [1.82, 2.24) is 0 Å². The van der Waals surface area contributed by atoms with Crippen LogP contribution in [-0.2, 0) is 6.11 Å². The molecule has 198 valence electrons. The zero-order valence-corrected chi connectivity index (χ0v) is 19.1. The van der Waals surface area contributed by atoms with Crippen LogP contribution in [0.1, 0.15) is 11.1 Å². The van der Waals surface area contributed by atoms with Gasteiger partial charge in [-0.2, -0.15) is 8.78 Å². The second-order valence-electron chi connectivity index (χ2n) is 8.13. The number of hydrogen-bond donors (Lipinski definition) is 0. The lowest BCUT2D eigenvalue weighted by atomic mass is 9.98. The first-order valence-electron chi connectivity index (χ1n) is 10.7. The summed E-state index contributed by atoms with van der Waals surface area (Å²) in [5.74, 6) is -8.55. The third-order valence-corrected chi connectivity index (χ3v) is 5.37. The summed E-state index contributed by atoms with van der Waals surface area (Å²) in [5, 5.41) is 0. The average molecular weight is 542 g/mol. The molecule has 0 atom stereocenters. The summed E-state index contributed by atoms with van der Waals surface area (Å²) in [7, 11) is 0. The zero-order chi connectivity index (χ0) is 27.8. The minimum absolute atomic E-state index is 0.129. The largest absolute Gasteiger partial charge is 0.573 e. The molecule has 0 aromatic heterocycles. The fourth-order valence-electron chi connectivity index (χ4n) is 3.63. The molecule has 38 heavy (non-hydrogen) atoms. The maximum atomic E-state index is 14.8. The lowest BCUT2D eigenvalue weighted by molar-refractivity contribution is -0.275. The Balaban J connectivity index is 1.61. The highest BCUT2D eigenvalue weighted by molar-refractivity contribution is 5.71. The van der Waals surface area contributed by atoms with E-state index in [9.17, 15) is 39.5 Å². The third-order valence-electron chi connectivity index (χ3n) is 5.37. The van der Waals surface area contributed by atoms with Gasteiger partial charge in [-0.05, 0) is 53.9 Å². The molecular weight excluding hydrogens is 527 g/mol. The molecule has 0 spiro atoms. The van der Waals surface area contributed by atoms with E-state index in [0.717, 1.165) is 11.6 Å². The lowest BCUT2D eigenvalue weighted by Gasteiger charge is -2.20. The summed E-state index contributed by atoms with van der Waals surface area (Å²) in [5.41, 5.74) is -0.379. The molecule has 0 aliphatic heterocycles. The molecule has 0 amide bonds. The molecule has 0 aliphatic carbocycles. The molecule has 4 rings (SSSR count). The summed E-state index contributed by atoms with van der Waals surface area (Å²) in [6.07, 6.45) is -9.97. The Bertz CT molecular complexity index is 1460. The van der Waals surface area contributed by atoms with Gasteiger partial charge in [0.15, 0.2) is 11.6 Å². The van der Waals surface area contributed by atoms with Gasteiger partial charge in [-0.15, -0.1) is 13.2 Å². The van der Waals surface area contributed by atoms with Gasteiger partial charge in [-0.3, -0.25) is 0 Å². The molecule has 11 heteroatoms. The van der Waals surface area contributed by atoms with Gasteiger partial charge in [0, 0.05) is 11.6 Å². The van der Waals surface area contributed by atoms with Crippen molar-refractivity contribution in [3.63, 3.8) is 0 Å². The van der Waals surface area contributed by atoms with Gasteiger partial charge in [0.05, 0.1) is 0 Å². The van der Waals surface area contributed by atoms with Crippen LogP contribution in [0, 0.1) is 30.2 Å². The lowest BCUT2D eigenvalue weighted by Crippen LogP contribution is -2.25. The second kappa shape index (κ2) is 9.96. The summed E-state index contributed by atoms with van der Waals surface area (Å²) in [6, 6.07) is 12.9. The van der Waals surface area contributed by atoms with E-state index in [1.807, 2.05) is 19.1 Å². The molecule has 0 aliphatic rings. The first-order valence-corrected chi connectivity index (χ1v) is 10.7. The fraction of sp³-hybridized carbons (Fsp3) is 0.111. The Morgan fingerprint density at radius 1 is 0.553 bits per heavy atom. The van der Waals surface area contributed by atoms with Crippen molar-refractivity contribution in [3.8, 4) is 33.8 Å². The van der Waals surface area contributed by atoms with Crippen molar-refractivity contribution < 1.29 is 49.0 Å². The van der Waals surface area contributed by atoms with Crippen LogP contribution in [-0.4, -0.2) is 6.36 Å². The van der Waals surface area contributed by atoms with Crippen LogP contribution in [0.15, 0.2) is 72.8 Å². The van der Waals surface area contributed by atoms with Gasteiger partial charge in [-0.25, -0.2) is 17.6 Å². The van der Waals surface area contributed by atoms with Gasteiger partial charge in [0.25, 0.3) is 0 Å². The quantitative estimate of drug-likeness (QED) is 0.227. The van der Waals surface area contributed by atoms with Crippen LogP contribution in [0.5, 0.6) is 11.5 Å². The van der Waals surface area contributed by atoms with Crippen LogP contribution >= 0.6 is 0 Å². The number of ether oxygens (including phenoxy) is 2. The second-order valence-corrected chi connectivity index (χ2v) is 8.13. The van der Waals surface area contributed by atoms with Crippen LogP contribution in [0.4, 0.5) is 39.5 Å². The highest BCUT2D eigenvalue weighted by atomic mass is 19.4. The van der Waals surface area contributed by atoms with Crippen molar-refractivity contribution in [2.45, 2.75) is 19.4 Å². The average Bonchev–Trinajstić information content (AvgIpc) is 2.79. The van der Waals surface area contributed by atoms with Crippen molar-refractivity contribution in [2.75, 3.05) is 0 Å². The van der Waals surface area contributed by atoms with E-state index in [-0.39, 0.29) is 17.2 Å². The number of halogens is 9. The van der Waals surface area contributed by atoms with E-state index >= 15 is 0 Å². The monoisotopic (exact) mass is 542 g/mol. The van der Waals surface area contributed by atoms with Gasteiger partial charge >= 0.3 is 12.5 Å². The van der Waals surface area contributed by atoms with E-state index < -0.39 is 52.8 Å². The standard InChI is InChI=1S/C27H15F9O2/c1-14-2-4-15(5-3-14)16-6-8-19(20(28)10-16)17-11-22(30)25(23(31)12-17)26(32,33)37-18-7-9-24(21(29)13-18)38-27(34,35)36/h2-13H,1H3. The van der Waals surface area contributed by atoms with Crippen molar-refractivity contribution in [3.05, 3.63) is 107 Å². The first-order chi connectivity index (χ1) is 17.7. The maximum absolute atomic E-state index is 14.8. The first kappa shape index (κ1) is 26.9. The smallest absolute Gasteiger partial charge is 0.429 e. The molecule has 4 aromatic carbocycles. The Kier molecular flexibility index (Phi) is 7.05. The molecule has 0 heterocycles. The van der Waals surface area contributed by atoms with E-state index in [1.165, 1.54) is 12.1 Å². The van der Waals surface area contributed by atoms with Crippen LogP contribution in [0.25, 0.3) is 22.3 Å². The van der Waals surface area contributed by atoms with E-state index in [0.29, 0.717) is 35.4 Å². The SMILES string of the molecule is Cc1ccc(-c2ccc(-c3cc(F)c(C(F)(F)Oc4ccc(OC(F)(F)F)c(F)c4)c(F)c3)c(F)c2)cc1. The Morgan fingerprint density at radius 3 is 1.68 bits per heavy atom. The summed E-state index contributed by atoms with van der Waals surface area (Å²) in [6.45, 7) is 1.87. The zero-order valence-electron chi connectivity index (χ0n) is 19.1.